The van der Waals surface area contributed by atoms with E-state index in [2.05, 4.69) is 4.74 Å². The molecular formula is C15H15NO5S. The Morgan fingerprint density at radius 1 is 1.27 bits per heavy atom. The van der Waals surface area contributed by atoms with E-state index in [9.17, 15) is 9.59 Å². The Kier molecular flexibility index (Phi) is 3.89. The zero-order chi connectivity index (χ0) is 15.7. The van der Waals surface area contributed by atoms with Crippen LogP contribution in [0.3, 0.4) is 0 Å². The standard InChI is InChI=1S/C15H15NO5S/c1-19-14(17)16-6-3-4-9-10-5-7-22-13(10)12(8-11(9)16)21-15(18)20-2/h5,7-8H,3-4,6H2,1-2H3. The van der Waals surface area contributed by atoms with Gasteiger partial charge in [-0.2, -0.15) is 0 Å². The van der Waals surface area contributed by atoms with Crippen LogP contribution < -0.4 is 9.64 Å². The van der Waals surface area contributed by atoms with Gasteiger partial charge in [-0.1, -0.05) is 0 Å². The van der Waals surface area contributed by atoms with Crippen molar-refractivity contribution in [3.63, 3.8) is 0 Å². The molecule has 0 N–H and O–H groups in total. The summed E-state index contributed by atoms with van der Waals surface area (Å²) in [6.07, 6.45) is 0.536. The van der Waals surface area contributed by atoms with Gasteiger partial charge in [-0.05, 0) is 29.9 Å². The Morgan fingerprint density at radius 2 is 2.09 bits per heavy atom. The summed E-state index contributed by atoms with van der Waals surface area (Å²) in [5.74, 6) is 0.395. The lowest BCUT2D eigenvalue weighted by Crippen LogP contribution is -2.35. The highest BCUT2D eigenvalue weighted by atomic mass is 32.1. The fourth-order valence-corrected chi connectivity index (χ4v) is 3.57. The maximum Gasteiger partial charge on any atom is 0.513 e. The maximum atomic E-state index is 12.0. The Balaban J connectivity index is 2.16. The molecule has 1 aliphatic rings. The second-order valence-electron chi connectivity index (χ2n) is 4.82. The summed E-state index contributed by atoms with van der Waals surface area (Å²) in [6, 6.07) is 3.69. The summed E-state index contributed by atoms with van der Waals surface area (Å²) in [4.78, 5) is 25.0. The molecule has 0 aliphatic carbocycles. The van der Waals surface area contributed by atoms with Crippen molar-refractivity contribution in [2.75, 3.05) is 25.7 Å². The van der Waals surface area contributed by atoms with Gasteiger partial charge in [-0.25, -0.2) is 9.59 Å². The van der Waals surface area contributed by atoms with Crippen LogP contribution in [0.2, 0.25) is 0 Å². The van der Waals surface area contributed by atoms with E-state index < -0.39 is 12.2 Å². The topological polar surface area (TPSA) is 65.1 Å². The number of anilines is 1. The summed E-state index contributed by atoms with van der Waals surface area (Å²) in [5, 5.41) is 2.93. The Bertz CT molecular complexity index is 739. The molecule has 1 aromatic heterocycles. The number of ether oxygens (including phenoxy) is 3. The quantitative estimate of drug-likeness (QED) is 0.593. The number of methoxy groups -OCH3 is 2. The van der Waals surface area contributed by atoms with Gasteiger partial charge >= 0.3 is 12.2 Å². The predicted molar refractivity (Wildman–Crippen MR) is 82.9 cm³/mol. The van der Waals surface area contributed by atoms with Crippen molar-refractivity contribution in [3.8, 4) is 5.75 Å². The van der Waals surface area contributed by atoms with Crippen LogP contribution in [0.5, 0.6) is 5.75 Å². The van der Waals surface area contributed by atoms with Gasteiger partial charge in [-0.3, -0.25) is 4.90 Å². The van der Waals surface area contributed by atoms with Crippen molar-refractivity contribution < 1.29 is 23.8 Å². The zero-order valence-electron chi connectivity index (χ0n) is 12.3. The summed E-state index contributed by atoms with van der Waals surface area (Å²) < 4.78 is 15.5. The molecule has 0 fully saturated rings. The molecule has 3 rings (SSSR count). The molecule has 0 saturated heterocycles. The first-order chi connectivity index (χ1) is 10.7. The molecule has 7 heteroatoms. The molecule has 6 nitrogen and oxygen atoms in total. The maximum absolute atomic E-state index is 12.0. The number of hydrogen-bond acceptors (Lipinski definition) is 6. The Hall–Kier alpha value is -2.28. The SMILES string of the molecule is COC(=O)Oc1cc2c(c3ccsc13)CCCN2C(=O)OC. The Labute approximate surface area is 131 Å². The number of carbonyl (C=O) groups excluding carboxylic acids is 2. The van der Waals surface area contributed by atoms with E-state index in [1.165, 1.54) is 25.6 Å². The van der Waals surface area contributed by atoms with Gasteiger partial charge in [0.25, 0.3) is 0 Å². The molecule has 0 spiro atoms. The molecular weight excluding hydrogens is 306 g/mol. The van der Waals surface area contributed by atoms with Crippen molar-refractivity contribution in [3.05, 3.63) is 23.1 Å². The van der Waals surface area contributed by atoms with Crippen LogP contribution in [0.15, 0.2) is 17.5 Å². The number of aryl methyl sites for hydroxylation is 1. The second kappa shape index (κ2) is 5.84. The van der Waals surface area contributed by atoms with Crippen LogP contribution in [0.4, 0.5) is 15.3 Å². The van der Waals surface area contributed by atoms with Crippen LogP contribution in [-0.2, 0) is 15.9 Å². The molecule has 2 aromatic rings. The van der Waals surface area contributed by atoms with Crippen LogP contribution in [-0.4, -0.2) is 33.0 Å². The van der Waals surface area contributed by atoms with E-state index >= 15 is 0 Å². The van der Waals surface area contributed by atoms with E-state index in [1.54, 1.807) is 11.0 Å². The molecule has 116 valence electrons. The van der Waals surface area contributed by atoms with Crippen LogP contribution in [0.1, 0.15) is 12.0 Å². The highest BCUT2D eigenvalue weighted by Crippen LogP contribution is 2.42. The molecule has 1 aliphatic heterocycles. The lowest BCUT2D eigenvalue weighted by Gasteiger charge is -2.29. The number of carbonyl (C=O) groups is 2. The van der Waals surface area contributed by atoms with Gasteiger partial charge in [0, 0.05) is 18.0 Å². The van der Waals surface area contributed by atoms with E-state index in [4.69, 9.17) is 9.47 Å². The largest absolute Gasteiger partial charge is 0.513 e. The van der Waals surface area contributed by atoms with Crippen molar-refractivity contribution in [1.82, 2.24) is 0 Å². The number of fused-ring (bicyclic) bond motifs is 3. The normalized spacial score (nSPS) is 13.6. The first-order valence-corrected chi connectivity index (χ1v) is 7.68. The molecule has 1 amide bonds. The van der Waals surface area contributed by atoms with E-state index in [1.807, 2.05) is 11.4 Å². The summed E-state index contributed by atoms with van der Waals surface area (Å²) in [7, 11) is 2.61. The number of thiophene rings is 1. The monoisotopic (exact) mass is 321 g/mol. The fourth-order valence-electron chi connectivity index (χ4n) is 2.70. The average Bonchev–Trinajstić information content (AvgIpc) is 3.03. The summed E-state index contributed by atoms with van der Waals surface area (Å²) in [5.41, 5.74) is 1.80. The first kappa shape index (κ1) is 14.6. The van der Waals surface area contributed by atoms with Gasteiger partial charge in [-0.15, -0.1) is 11.3 Å². The van der Waals surface area contributed by atoms with Crippen LogP contribution in [0, 0.1) is 0 Å². The van der Waals surface area contributed by atoms with Crippen molar-refractivity contribution in [2.24, 2.45) is 0 Å². The van der Waals surface area contributed by atoms with Gasteiger partial charge in [0.1, 0.15) is 0 Å². The average molecular weight is 321 g/mol. The molecule has 2 heterocycles. The summed E-state index contributed by atoms with van der Waals surface area (Å²) >= 11 is 1.49. The third-order valence-electron chi connectivity index (χ3n) is 3.65. The van der Waals surface area contributed by atoms with E-state index in [0.29, 0.717) is 12.3 Å². The highest BCUT2D eigenvalue weighted by Gasteiger charge is 2.27. The third kappa shape index (κ3) is 2.37. The third-order valence-corrected chi connectivity index (χ3v) is 4.57. The van der Waals surface area contributed by atoms with Crippen LogP contribution in [0.25, 0.3) is 10.1 Å². The number of benzene rings is 1. The molecule has 1 aromatic carbocycles. The number of hydrogen-bond donors (Lipinski definition) is 0. The van der Waals surface area contributed by atoms with E-state index in [-0.39, 0.29) is 0 Å². The van der Waals surface area contributed by atoms with Crippen molar-refractivity contribution >= 4 is 39.4 Å². The first-order valence-electron chi connectivity index (χ1n) is 6.80. The minimum Gasteiger partial charge on any atom is -0.452 e. The van der Waals surface area contributed by atoms with Gasteiger partial charge in [0.2, 0.25) is 0 Å². The smallest absolute Gasteiger partial charge is 0.452 e. The van der Waals surface area contributed by atoms with Crippen LogP contribution >= 0.6 is 11.3 Å². The molecule has 0 unspecified atom stereocenters. The summed E-state index contributed by atoms with van der Waals surface area (Å²) in [6.45, 7) is 0.576. The second-order valence-corrected chi connectivity index (χ2v) is 5.73. The predicted octanol–water partition coefficient (Wildman–Crippen LogP) is 3.57. The Morgan fingerprint density at radius 3 is 2.82 bits per heavy atom. The lowest BCUT2D eigenvalue weighted by molar-refractivity contribution is 0.122. The van der Waals surface area contributed by atoms with Gasteiger partial charge < -0.3 is 14.2 Å². The molecule has 0 atom stereocenters. The fraction of sp³-hybridized carbons (Fsp3) is 0.333. The minimum absolute atomic E-state index is 0.395. The van der Waals surface area contributed by atoms with Crippen molar-refractivity contribution in [2.45, 2.75) is 12.8 Å². The highest BCUT2D eigenvalue weighted by molar-refractivity contribution is 7.17. The molecule has 0 radical (unpaired) electrons. The zero-order valence-corrected chi connectivity index (χ0v) is 13.1. The number of amides is 1. The lowest BCUT2D eigenvalue weighted by atomic mass is 9.98. The van der Waals surface area contributed by atoms with Gasteiger partial charge in [0.05, 0.1) is 24.6 Å². The number of rotatable bonds is 1. The minimum atomic E-state index is -0.782. The van der Waals surface area contributed by atoms with E-state index in [0.717, 1.165) is 34.2 Å². The molecule has 0 bridgehead atoms. The van der Waals surface area contributed by atoms with Gasteiger partial charge in [0.15, 0.2) is 5.75 Å². The molecule has 22 heavy (non-hydrogen) atoms. The number of nitrogens with zero attached hydrogens (tertiary/aromatic N) is 1. The molecule has 0 saturated carbocycles. The van der Waals surface area contributed by atoms with Crippen molar-refractivity contribution in [1.29, 1.82) is 0 Å².